The zero-order chi connectivity index (χ0) is 23.4. The first-order valence-corrected chi connectivity index (χ1v) is 14.2. The molecule has 2 heterocycles. The number of hydrogen-bond acceptors (Lipinski definition) is 6. The molecule has 0 radical (unpaired) electrons. The predicted octanol–water partition coefficient (Wildman–Crippen LogP) is 2.26. The molecule has 2 saturated heterocycles. The Morgan fingerprint density at radius 2 is 1.75 bits per heavy atom. The van der Waals surface area contributed by atoms with Gasteiger partial charge in [0, 0.05) is 31.9 Å². The number of sulfonamides is 2. The van der Waals surface area contributed by atoms with Gasteiger partial charge in [-0.25, -0.2) is 21.1 Å². The van der Waals surface area contributed by atoms with E-state index in [0.29, 0.717) is 44.6 Å². The van der Waals surface area contributed by atoms with E-state index >= 15 is 0 Å². The minimum atomic E-state index is -3.75. The number of methoxy groups -OCH3 is 1. The van der Waals surface area contributed by atoms with Crippen molar-refractivity contribution >= 4 is 31.6 Å². The summed E-state index contributed by atoms with van der Waals surface area (Å²) < 4.78 is 59.3. The summed E-state index contributed by atoms with van der Waals surface area (Å²) in [6.07, 6.45) is 4.35. The molecule has 11 heteroatoms. The Morgan fingerprint density at radius 3 is 2.41 bits per heavy atom. The van der Waals surface area contributed by atoms with Gasteiger partial charge in [0.2, 0.25) is 26.0 Å². The van der Waals surface area contributed by atoms with Crippen molar-refractivity contribution in [3.8, 4) is 5.75 Å². The molecule has 0 spiro atoms. The number of ether oxygens (including phenoxy) is 1. The fourth-order valence-corrected chi connectivity index (χ4v) is 7.53. The van der Waals surface area contributed by atoms with Gasteiger partial charge in [-0.3, -0.25) is 4.79 Å². The van der Waals surface area contributed by atoms with Crippen LogP contribution in [0.25, 0.3) is 0 Å². The van der Waals surface area contributed by atoms with Gasteiger partial charge < -0.3 is 10.1 Å². The summed E-state index contributed by atoms with van der Waals surface area (Å²) in [5.74, 6) is -0.507. The second kappa shape index (κ2) is 10.5. The van der Waals surface area contributed by atoms with Crippen LogP contribution in [-0.4, -0.2) is 70.4 Å². The van der Waals surface area contributed by atoms with Crippen LogP contribution in [0.3, 0.4) is 0 Å². The molecule has 180 valence electrons. The number of carbonyl (C=O) groups excluding carboxylic acids is 1. The van der Waals surface area contributed by atoms with E-state index in [1.165, 1.54) is 27.9 Å². The Kier molecular flexibility index (Phi) is 8.18. The first-order chi connectivity index (χ1) is 15.2. The molecule has 3 rings (SSSR count). The first kappa shape index (κ1) is 24.9. The number of piperidine rings is 2. The van der Waals surface area contributed by atoms with Crippen LogP contribution >= 0.6 is 0 Å². The van der Waals surface area contributed by atoms with E-state index < -0.39 is 26.0 Å². The highest BCUT2D eigenvalue weighted by Crippen LogP contribution is 2.31. The smallest absolute Gasteiger partial charge is 0.246 e. The summed E-state index contributed by atoms with van der Waals surface area (Å²) in [4.78, 5) is 12.9. The van der Waals surface area contributed by atoms with Crippen molar-refractivity contribution in [3.63, 3.8) is 0 Å². The lowest BCUT2D eigenvalue weighted by Crippen LogP contribution is -2.44. The van der Waals surface area contributed by atoms with Crippen LogP contribution in [0.5, 0.6) is 5.75 Å². The molecular formula is C21H33N3O6S2. The maximum atomic E-state index is 13.2. The zero-order valence-electron chi connectivity index (χ0n) is 18.7. The molecule has 9 nitrogen and oxygen atoms in total. The molecule has 2 aliphatic rings. The van der Waals surface area contributed by atoms with Gasteiger partial charge in [0.05, 0.1) is 18.8 Å². The van der Waals surface area contributed by atoms with Crippen LogP contribution in [0.1, 0.15) is 45.4 Å². The highest BCUT2D eigenvalue weighted by atomic mass is 32.2. The van der Waals surface area contributed by atoms with Gasteiger partial charge in [-0.05, 0) is 50.3 Å². The fourth-order valence-electron chi connectivity index (χ4n) is 4.24. The van der Waals surface area contributed by atoms with Gasteiger partial charge >= 0.3 is 0 Å². The van der Waals surface area contributed by atoms with Crippen molar-refractivity contribution in [1.29, 1.82) is 0 Å². The molecule has 1 atom stereocenters. The topological polar surface area (TPSA) is 113 Å². The third-order valence-electron chi connectivity index (χ3n) is 5.97. The average Bonchev–Trinajstić information content (AvgIpc) is 2.79. The van der Waals surface area contributed by atoms with E-state index in [2.05, 4.69) is 5.32 Å². The molecule has 0 bridgehead atoms. The van der Waals surface area contributed by atoms with E-state index in [-0.39, 0.29) is 28.8 Å². The summed E-state index contributed by atoms with van der Waals surface area (Å²) in [7, 11) is -5.71. The van der Waals surface area contributed by atoms with E-state index in [0.717, 1.165) is 19.3 Å². The third-order valence-corrected chi connectivity index (χ3v) is 9.94. The maximum Gasteiger partial charge on any atom is 0.246 e. The molecule has 2 fully saturated rings. The van der Waals surface area contributed by atoms with Gasteiger partial charge in [0.1, 0.15) is 10.6 Å². The number of hydrogen-bond donors (Lipinski definition) is 1. The van der Waals surface area contributed by atoms with Crippen molar-refractivity contribution in [2.75, 3.05) is 44.4 Å². The van der Waals surface area contributed by atoms with Crippen LogP contribution in [0.15, 0.2) is 23.1 Å². The molecule has 0 unspecified atom stereocenters. The molecule has 32 heavy (non-hydrogen) atoms. The average molecular weight is 488 g/mol. The Balaban J connectivity index is 1.77. The fraction of sp³-hybridized carbons (Fsp3) is 0.667. The van der Waals surface area contributed by atoms with Crippen molar-refractivity contribution in [3.05, 3.63) is 18.2 Å². The quantitative estimate of drug-likeness (QED) is 0.602. The lowest BCUT2D eigenvalue weighted by atomic mass is 9.98. The third kappa shape index (κ3) is 5.62. The second-order valence-corrected chi connectivity index (χ2v) is 12.3. The van der Waals surface area contributed by atoms with Crippen molar-refractivity contribution in [2.45, 2.75) is 50.3 Å². The van der Waals surface area contributed by atoms with Crippen LogP contribution in [0, 0.1) is 5.92 Å². The van der Waals surface area contributed by atoms with Crippen molar-refractivity contribution < 1.29 is 26.4 Å². The molecule has 0 aromatic heterocycles. The lowest BCUT2D eigenvalue weighted by Gasteiger charge is -2.31. The Morgan fingerprint density at radius 1 is 1.06 bits per heavy atom. The molecular weight excluding hydrogens is 454 g/mol. The highest BCUT2D eigenvalue weighted by molar-refractivity contribution is 7.89. The van der Waals surface area contributed by atoms with E-state index in [1.807, 2.05) is 6.92 Å². The lowest BCUT2D eigenvalue weighted by molar-refractivity contribution is -0.120. The van der Waals surface area contributed by atoms with Crippen molar-refractivity contribution in [2.24, 2.45) is 5.92 Å². The summed E-state index contributed by atoms with van der Waals surface area (Å²) in [5.41, 5.74) is 0.347. The zero-order valence-corrected chi connectivity index (χ0v) is 20.4. The molecule has 1 aromatic carbocycles. The number of nitrogens with zero attached hydrogens (tertiary/aromatic N) is 2. The summed E-state index contributed by atoms with van der Waals surface area (Å²) in [6, 6.07) is 4.56. The van der Waals surface area contributed by atoms with Crippen LogP contribution < -0.4 is 10.1 Å². The van der Waals surface area contributed by atoms with Gasteiger partial charge in [-0.1, -0.05) is 13.3 Å². The molecule has 0 aliphatic carbocycles. The maximum absolute atomic E-state index is 13.2. The SMILES string of the molecule is CCCS(=O)(=O)N1CCC[C@@H](C(=O)Nc2ccc(OC)c(S(=O)(=O)N3CCCCC3)c2)C1. The standard InChI is InChI=1S/C21H33N3O6S2/c1-3-14-31(26,27)24-13-7-8-17(16-24)21(25)22-18-9-10-19(30-2)20(15-18)32(28,29)23-11-5-4-6-12-23/h9-10,15,17H,3-8,11-14,16H2,1-2H3,(H,22,25)/t17-/m1/s1. The summed E-state index contributed by atoms with van der Waals surface area (Å²) in [6.45, 7) is 3.31. The van der Waals surface area contributed by atoms with Gasteiger partial charge in [0.15, 0.2) is 0 Å². The predicted molar refractivity (Wildman–Crippen MR) is 123 cm³/mol. The largest absolute Gasteiger partial charge is 0.495 e. The van der Waals surface area contributed by atoms with E-state index in [4.69, 9.17) is 4.74 Å². The molecule has 1 N–H and O–H groups in total. The molecule has 1 amide bonds. The number of amides is 1. The van der Waals surface area contributed by atoms with Gasteiger partial charge in [-0.2, -0.15) is 4.31 Å². The van der Waals surface area contributed by atoms with E-state index in [9.17, 15) is 21.6 Å². The van der Waals surface area contributed by atoms with Crippen LogP contribution in [0.2, 0.25) is 0 Å². The summed E-state index contributed by atoms with van der Waals surface area (Å²) in [5, 5.41) is 2.78. The molecule has 2 aliphatic heterocycles. The Hall–Kier alpha value is -1.69. The number of carbonyl (C=O) groups is 1. The van der Waals surface area contributed by atoms with Gasteiger partial charge in [0.25, 0.3) is 0 Å². The number of benzene rings is 1. The van der Waals surface area contributed by atoms with Crippen molar-refractivity contribution in [1.82, 2.24) is 8.61 Å². The molecule has 0 saturated carbocycles. The second-order valence-electron chi connectivity index (χ2n) is 8.33. The van der Waals surface area contributed by atoms with Gasteiger partial charge in [-0.15, -0.1) is 0 Å². The Labute approximate surface area is 191 Å². The van der Waals surface area contributed by atoms with Crippen LogP contribution in [-0.2, 0) is 24.8 Å². The Bertz CT molecular complexity index is 1020. The minimum absolute atomic E-state index is 0.0236. The first-order valence-electron chi connectivity index (χ1n) is 11.2. The molecule has 1 aromatic rings. The monoisotopic (exact) mass is 487 g/mol. The van der Waals surface area contributed by atoms with E-state index in [1.54, 1.807) is 6.07 Å². The number of anilines is 1. The number of nitrogens with one attached hydrogen (secondary N) is 1. The normalized spacial score (nSPS) is 21.2. The highest BCUT2D eigenvalue weighted by Gasteiger charge is 2.33. The number of rotatable bonds is 8. The van der Waals surface area contributed by atoms with Crippen LogP contribution in [0.4, 0.5) is 5.69 Å². The minimum Gasteiger partial charge on any atom is -0.495 e. The summed E-state index contributed by atoms with van der Waals surface area (Å²) >= 11 is 0.